The molecule has 0 bridgehead atoms. The Balaban J connectivity index is 0.860. The quantitative estimate of drug-likeness (QED) is 0.142. The summed E-state index contributed by atoms with van der Waals surface area (Å²) in [6, 6.07) is 22.4. The number of aromatic nitrogens is 2. The number of hydrogen-bond acceptors (Lipinski definition) is 7. The third kappa shape index (κ3) is 6.63. The highest BCUT2D eigenvalue weighted by Crippen LogP contribution is 2.66. The summed E-state index contributed by atoms with van der Waals surface area (Å²) in [5.41, 5.74) is 3.46. The molecule has 4 amide bonds. The average molecular weight is 907 g/mol. The Bertz CT molecular complexity index is 2790. The fourth-order valence-electron chi connectivity index (χ4n) is 12.2. The smallest absolute Gasteiger partial charge is 0.325 e. The normalized spacial score (nSPS) is 25.0. The molecule has 5 aromatic rings. The predicted octanol–water partition coefficient (Wildman–Crippen LogP) is 7.77. The first-order chi connectivity index (χ1) is 30.8. The topological polar surface area (TPSA) is 138 Å². The van der Waals surface area contributed by atoms with Crippen LogP contribution in [0.3, 0.4) is 0 Å². The maximum absolute atomic E-state index is 16.4. The zero-order valence-electron chi connectivity index (χ0n) is 35.8. The summed E-state index contributed by atoms with van der Waals surface area (Å²) in [7, 11) is 3.63. The summed E-state index contributed by atoms with van der Waals surface area (Å²) in [6.45, 7) is 2.48. The van der Waals surface area contributed by atoms with E-state index in [0.29, 0.717) is 47.1 Å². The fourth-order valence-corrected chi connectivity index (χ4v) is 12.6. The number of anilines is 2. The third-order valence-electron chi connectivity index (χ3n) is 15.2. The van der Waals surface area contributed by atoms with E-state index in [4.69, 9.17) is 23.2 Å². The molecule has 2 spiro atoms. The van der Waals surface area contributed by atoms with Crippen LogP contribution in [0.1, 0.15) is 97.9 Å². The number of rotatable bonds is 7. The summed E-state index contributed by atoms with van der Waals surface area (Å²) in [5, 5.41) is 9.05. The number of benzene rings is 4. The van der Waals surface area contributed by atoms with Crippen molar-refractivity contribution < 1.29 is 23.6 Å². The summed E-state index contributed by atoms with van der Waals surface area (Å²) in [4.78, 5) is 71.9. The molecule has 4 atom stereocenters. The number of aryl methyl sites for hydroxylation is 1. The van der Waals surface area contributed by atoms with Crippen molar-refractivity contribution >= 4 is 69.2 Å². The lowest BCUT2D eigenvalue weighted by Crippen LogP contribution is -2.60. The van der Waals surface area contributed by atoms with Crippen molar-refractivity contribution in [3.63, 3.8) is 0 Å². The van der Waals surface area contributed by atoms with Gasteiger partial charge in [0.1, 0.15) is 17.3 Å². The van der Waals surface area contributed by atoms with E-state index in [2.05, 4.69) is 37.9 Å². The van der Waals surface area contributed by atoms with Gasteiger partial charge in [-0.15, -0.1) is 0 Å². The van der Waals surface area contributed by atoms with Crippen LogP contribution in [0.25, 0.3) is 11.0 Å². The number of likely N-dealkylation sites (N-methyl/N-ethyl adjacent to an activating group) is 1. The highest BCUT2D eigenvalue weighted by molar-refractivity contribution is 6.31. The molecular formula is C49H50Cl2FN7O5. The van der Waals surface area contributed by atoms with Gasteiger partial charge in [0.2, 0.25) is 23.6 Å². The molecule has 1 saturated carbocycles. The molecule has 5 heterocycles. The average Bonchev–Trinajstić information content (AvgIpc) is 3.80. The van der Waals surface area contributed by atoms with Crippen LogP contribution in [0.15, 0.2) is 83.7 Å². The number of piperidine rings is 2. The Morgan fingerprint density at radius 1 is 0.859 bits per heavy atom. The van der Waals surface area contributed by atoms with Gasteiger partial charge in [0.25, 0.3) is 0 Å². The summed E-state index contributed by atoms with van der Waals surface area (Å²) < 4.78 is 19.5. The first-order valence-corrected chi connectivity index (χ1v) is 23.0. The Morgan fingerprint density at radius 2 is 1.61 bits per heavy atom. The van der Waals surface area contributed by atoms with E-state index in [-0.39, 0.29) is 40.4 Å². The van der Waals surface area contributed by atoms with Crippen molar-refractivity contribution in [2.75, 3.05) is 30.8 Å². The number of hydrogen-bond donors (Lipinski definition) is 3. The van der Waals surface area contributed by atoms with Crippen LogP contribution in [-0.2, 0) is 38.2 Å². The van der Waals surface area contributed by atoms with E-state index in [9.17, 15) is 24.0 Å². The van der Waals surface area contributed by atoms with Crippen LogP contribution in [0.4, 0.5) is 15.8 Å². The molecule has 1 unspecified atom stereocenters. The Hall–Kier alpha value is -5.34. The van der Waals surface area contributed by atoms with Crippen molar-refractivity contribution in [1.29, 1.82) is 0 Å². The van der Waals surface area contributed by atoms with Gasteiger partial charge in [-0.25, -0.2) is 9.18 Å². The molecule has 1 aliphatic carbocycles. The maximum atomic E-state index is 16.4. The molecule has 15 heteroatoms. The number of carbonyl (C=O) groups excluding carboxylic acids is 4. The molecule has 4 aliphatic heterocycles. The minimum atomic E-state index is -1.30. The minimum Gasteiger partial charge on any atom is -0.325 e. The van der Waals surface area contributed by atoms with Crippen molar-refractivity contribution in [2.24, 2.45) is 7.05 Å². The van der Waals surface area contributed by atoms with Gasteiger partial charge >= 0.3 is 5.69 Å². The number of amides is 4. The number of imidazole rings is 1. The van der Waals surface area contributed by atoms with Crippen molar-refractivity contribution in [3.8, 4) is 0 Å². The molecule has 0 radical (unpaired) electrons. The highest BCUT2D eigenvalue weighted by atomic mass is 35.5. The molecule has 3 N–H and O–H groups in total. The second-order valence-corrected chi connectivity index (χ2v) is 19.2. The number of nitrogens with zero attached hydrogens (tertiary/aromatic N) is 4. The molecule has 4 fully saturated rings. The molecule has 4 aromatic carbocycles. The fraction of sp³-hybridized carbons (Fsp3) is 0.408. The molecule has 1 aromatic heterocycles. The molecule has 5 aliphatic rings. The van der Waals surface area contributed by atoms with Gasteiger partial charge in [0.05, 0.1) is 22.1 Å². The third-order valence-corrected chi connectivity index (χ3v) is 15.7. The van der Waals surface area contributed by atoms with Gasteiger partial charge in [0.15, 0.2) is 0 Å². The van der Waals surface area contributed by atoms with Gasteiger partial charge in [-0.3, -0.25) is 43.4 Å². The van der Waals surface area contributed by atoms with Gasteiger partial charge in [0, 0.05) is 47.9 Å². The molecular weight excluding hydrogens is 856 g/mol. The molecule has 3 saturated heterocycles. The predicted molar refractivity (Wildman–Crippen MR) is 244 cm³/mol. The van der Waals surface area contributed by atoms with Crippen molar-refractivity contribution in [2.45, 2.75) is 99.2 Å². The molecule has 12 nitrogen and oxygen atoms in total. The molecule has 64 heavy (non-hydrogen) atoms. The first-order valence-electron chi connectivity index (χ1n) is 22.3. The van der Waals surface area contributed by atoms with Crippen molar-refractivity contribution in [1.82, 2.24) is 24.3 Å². The number of nitrogens with one attached hydrogen (secondary N) is 3. The van der Waals surface area contributed by atoms with Crippen LogP contribution in [-0.4, -0.2) is 74.3 Å². The van der Waals surface area contributed by atoms with E-state index in [1.165, 1.54) is 10.6 Å². The second kappa shape index (κ2) is 16.3. The number of likely N-dealkylation sites (tertiary alicyclic amines) is 2. The van der Waals surface area contributed by atoms with E-state index in [1.807, 2.05) is 43.4 Å². The van der Waals surface area contributed by atoms with Crippen LogP contribution in [0.2, 0.25) is 10.0 Å². The lowest BCUT2D eigenvalue weighted by molar-refractivity contribution is -0.135. The van der Waals surface area contributed by atoms with E-state index < -0.39 is 40.7 Å². The highest BCUT2D eigenvalue weighted by Gasteiger charge is 2.74. The van der Waals surface area contributed by atoms with Crippen LogP contribution in [0, 0.1) is 5.82 Å². The zero-order valence-corrected chi connectivity index (χ0v) is 37.3. The Kier molecular flexibility index (Phi) is 10.8. The zero-order chi connectivity index (χ0) is 44.7. The van der Waals surface area contributed by atoms with Crippen LogP contribution >= 0.6 is 23.2 Å². The number of carbonyl (C=O) groups is 4. The first kappa shape index (κ1) is 42.6. The number of fused-ring (bicyclic) bond motifs is 4. The minimum absolute atomic E-state index is 0.0672. The Labute approximate surface area is 380 Å². The van der Waals surface area contributed by atoms with E-state index >= 15 is 4.39 Å². The van der Waals surface area contributed by atoms with Gasteiger partial charge in [-0.2, -0.15) is 0 Å². The van der Waals surface area contributed by atoms with Crippen molar-refractivity contribution in [3.05, 3.63) is 127 Å². The van der Waals surface area contributed by atoms with Gasteiger partial charge < -0.3 is 10.6 Å². The summed E-state index contributed by atoms with van der Waals surface area (Å²) in [5.74, 6) is -2.59. The van der Waals surface area contributed by atoms with Gasteiger partial charge in [-0.1, -0.05) is 78.9 Å². The van der Waals surface area contributed by atoms with Crippen LogP contribution in [0.5, 0.6) is 0 Å². The molecule has 332 valence electrons. The lowest BCUT2D eigenvalue weighted by Gasteiger charge is -2.49. The monoisotopic (exact) mass is 905 g/mol. The second-order valence-electron chi connectivity index (χ2n) is 18.4. The Morgan fingerprint density at radius 3 is 2.34 bits per heavy atom. The maximum Gasteiger partial charge on any atom is 0.329 e. The summed E-state index contributed by atoms with van der Waals surface area (Å²) >= 11 is 12.9. The van der Waals surface area contributed by atoms with E-state index in [0.717, 1.165) is 73.9 Å². The SMILES string of the molecule is CN1[C@@H](C(=O)Nc2ccc(CN3CCC(c4ccc5c(c4)n(C)c(=O)n5C4CCC(=O)NC4=O)CC3)cc2)[C@H](c2cccc(Cl)c2F)[C@]2(C(=O)Nc3cc(Cl)ccc32)C12CCCCC2. The van der Waals surface area contributed by atoms with Gasteiger partial charge in [-0.05, 0) is 123 Å². The summed E-state index contributed by atoms with van der Waals surface area (Å²) in [6.07, 6.45) is 6.40. The largest absolute Gasteiger partial charge is 0.329 e. The number of halogens is 3. The standard InChI is InChI=1S/C49H50Cl2FN7O5/c1-56-39-25-30(11-16-37(39)59(47(56)64)38-17-18-40(60)55-44(38)61)29-19-23-58(24-20-29)27-28-9-13-32(14-10-28)53-45(62)43-41(33-7-6-8-35(51)42(33)52)49(48(57(43)2)21-4-3-5-22-48)34-15-12-31(50)26-36(34)54-46(49)63/h6-16,25-26,29,38,41,43H,3-5,17-24,27H2,1-2H3,(H,53,62)(H,54,63)(H,55,60,61)/t38?,41-,43+,49+/m0/s1. The lowest BCUT2D eigenvalue weighted by atomic mass is 9.55. The molecule has 10 rings (SSSR count). The van der Waals surface area contributed by atoms with E-state index in [1.54, 1.807) is 35.9 Å². The number of imide groups is 1. The van der Waals surface area contributed by atoms with Crippen LogP contribution < -0.4 is 21.6 Å².